The van der Waals surface area contributed by atoms with Crippen molar-refractivity contribution in [3.63, 3.8) is 0 Å². The third-order valence-electron chi connectivity index (χ3n) is 3.58. The Balaban J connectivity index is 2.39. The molecule has 0 spiro atoms. The molecule has 112 valence electrons. The Morgan fingerprint density at radius 3 is 2.24 bits per heavy atom. The molecule has 21 heavy (non-hydrogen) atoms. The number of hydrogen-bond acceptors (Lipinski definition) is 2. The first-order valence-electron chi connectivity index (χ1n) is 6.69. The summed E-state index contributed by atoms with van der Waals surface area (Å²) in [5.41, 5.74) is 2.27. The molecule has 2 rings (SSSR count). The maximum atomic E-state index is 6.34. The molecule has 2 unspecified atom stereocenters. The number of halogens is 2. The van der Waals surface area contributed by atoms with E-state index in [9.17, 15) is 0 Å². The van der Waals surface area contributed by atoms with E-state index in [1.165, 1.54) is 5.56 Å². The first-order valence-corrected chi connectivity index (χ1v) is 7.98. The lowest BCUT2D eigenvalue weighted by atomic mass is 9.93. The average Bonchev–Trinajstić information content (AvgIpc) is 2.54. The van der Waals surface area contributed by atoms with Gasteiger partial charge in [0.25, 0.3) is 0 Å². The van der Waals surface area contributed by atoms with E-state index in [1.54, 1.807) is 14.2 Å². The Morgan fingerprint density at radius 2 is 1.67 bits per heavy atom. The first kappa shape index (κ1) is 16.2. The van der Waals surface area contributed by atoms with Crippen LogP contribution >= 0.6 is 27.5 Å². The summed E-state index contributed by atoms with van der Waals surface area (Å²) in [6, 6.07) is 14.2. The molecular weight excluding hydrogens is 352 g/mol. The van der Waals surface area contributed by atoms with E-state index >= 15 is 0 Å². The highest BCUT2D eigenvalue weighted by atomic mass is 79.9. The van der Waals surface area contributed by atoms with Gasteiger partial charge in [0.1, 0.15) is 16.5 Å². The van der Waals surface area contributed by atoms with Crippen molar-refractivity contribution in [3.8, 4) is 11.5 Å². The first-order chi connectivity index (χ1) is 10.1. The van der Waals surface area contributed by atoms with Crippen LogP contribution in [0.1, 0.15) is 28.8 Å². The van der Waals surface area contributed by atoms with Crippen LogP contribution in [0, 0.1) is 0 Å². The summed E-state index contributed by atoms with van der Waals surface area (Å²) in [5.74, 6) is 1.55. The Morgan fingerprint density at radius 1 is 1.00 bits per heavy atom. The zero-order valence-corrected chi connectivity index (χ0v) is 14.6. The minimum Gasteiger partial charge on any atom is -0.495 e. The summed E-state index contributed by atoms with van der Waals surface area (Å²) in [6.07, 6.45) is 0. The van der Waals surface area contributed by atoms with Gasteiger partial charge in [-0.1, -0.05) is 70.9 Å². The average molecular weight is 370 g/mol. The molecule has 0 bridgehead atoms. The largest absolute Gasteiger partial charge is 0.495 e. The summed E-state index contributed by atoms with van der Waals surface area (Å²) < 4.78 is 10.7. The van der Waals surface area contributed by atoms with Crippen LogP contribution in [0.5, 0.6) is 11.5 Å². The van der Waals surface area contributed by atoms with Crippen LogP contribution in [-0.4, -0.2) is 14.2 Å². The van der Waals surface area contributed by atoms with Gasteiger partial charge >= 0.3 is 0 Å². The van der Waals surface area contributed by atoms with Gasteiger partial charge in [-0.2, -0.15) is 0 Å². The number of hydrogen-bond donors (Lipinski definition) is 0. The Hall–Kier alpha value is -1.19. The Kier molecular flexibility index (Phi) is 5.54. The van der Waals surface area contributed by atoms with Crippen molar-refractivity contribution >= 4 is 27.5 Å². The van der Waals surface area contributed by atoms with Gasteiger partial charge in [-0.3, -0.25) is 0 Å². The molecule has 0 aliphatic carbocycles. The van der Waals surface area contributed by atoms with Gasteiger partial charge in [0.15, 0.2) is 0 Å². The van der Waals surface area contributed by atoms with Crippen LogP contribution in [-0.2, 0) is 0 Å². The summed E-state index contributed by atoms with van der Waals surface area (Å²) in [6.45, 7) is 2.17. The zero-order valence-electron chi connectivity index (χ0n) is 12.3. The quantitative estimate of drug-likeness (QED) is 0.639. The van der Waals surface area contributed by atoms with Gasteiger partial charge in [0.2, 0.25) is 0 Å². The second kappa shape index (κ2) is 7.19. The molecule has 0 N–H and O–H groups in total. The van der Waals surface area contributed by atoms with E-state index in [4.69, 9.17) is 21.1 Å². The molecule has 0 aliphatic rings. The molecule has 0 aromatic heterocycles. The molecule has 0 fully saturated rings. The number of benzene rings is 2. The van der Waals surface area contributed by atoms with Crippen LogP contribution in [0.15, 0.2) is 42.5 Å². The fraction of sp³-hybridized carbons (Fsp3) is 0.294. The van der Waals surface area contributed by atoms with Crippen molar-refractivity contribution in [1.82, 2.24) is 0 Å². The van der Waals surface area contributed by atoms with E-state index in [1.807, 2.05) is 30.3 Å². The minimum absolute atomic E-state index is 0.0956. The molecule has 0 aliphatic heterocycles. The van der Waals surface area contributed by atoms with Crippen molar-refractivity contribution in [2.45, 2.75) is 17.7 Å². The van der Waals surface area contributed by atoms with E-state index < -0.39 is 0 Å². The van der Waals surface area contributed by atoms with Crippen LogP contribution in [0.2, 0.25) is 5.02 Å². The summed E-state index contributed by atoms with van der Waals surface area (Å²) in [7, 11) is 3.22. The van der Waals surface area contributed by atoms with Crippen molar-refractivity contribution in [1.29, 1.82) is 0 Å². The van der Waals surface area contributed by atoms with E-state index in [-0.39, 0.29) is 10.7 Å². The molecule has 0 radical (unpaired) electrons. The molecule has 0 saturated carbocycles. The Labute approximate surface area is 139 Å². The molecule has 2 aromatic rings. The van der Waals surface area contributed by atoms with Gasteiger partial charge in [-0.05, 0) is 17.5 Å². The zero-order chi connectivity index (χ0) is 15.4. The molecule has 0 amide bonds. The standard InChI is InChI=1S/C17H18BrClO2/c1-11(12-7-5-4-6-8-12)15(18)13-9-10-14(20-2)16(19)17(13)21-3/h4-11,15H,1-3H3. The van der Waals surface area contributed by atoms with Crippen molar-refractivity contribution in [3.05, 3.63) is 58.6 Å². The normalized spacial score (nSPS) is 13.6. The lowest BCUT2D eigenvalue weighted by molar-refractivity contribution is 0.390. The minimum atomic E-state index is 0.0956. The number of rotatable bonds is 5. The van der Waals surface area contributed by atoms with Crippen LogP contribution < -0.4 is 9.47 Å². The highest BCUT2D eigenvalue weighted by Crippen LogP contribution is 2.46. The van der Waals surface area contributed by atoms with E-state index in [0.29, 0.717) is 16.5 Å². The predicted octanol–water partition coefficient (Wildman–Crippen LogP) is 5.60. The maximum Gasteiger partial charge on any atom is 0.145 e. The second-order valence-corrected chi connectivity index (χ2v) is 6.17. The van der Waals surface area contributed by atoms with Crippen LogP contribution in [0.3, 0.4) is 0 Å². The lowest BCUT2D eigenvalue weighted by Crippen LogP contribution is -2.05. The van der Waals surface area contributed by atoms with Crippen LogP contribution in [0.25, 0.3) is 0 Å². The lowest BCUT2D eigenvalue weighted by Gasteiger charge is -2.22. The summed E-state index contributed by atoms with van der Waals surface area (Å²) >= 11 is 10.1. The fourth-order valence-electron chi connectivity index (χ4n) is 2.33. The summed E-state index contributed by atoms with van der Waals surface area (Å²) in [5, 5.41) is 0.502. The SMILES string of the molecule is COc1ccc(C(Br)C(C)c2ccccc2)c(OC)c1Cl. The molecular formula is C17H18BrClO2. The van der Waals surface area contributed by atoms with Gasteiger partial charge in [0.05, 0.1) is 14.2 Å². The van der Waals surface area contributed by atoms with Crippen molar-refractivity contribution < 1.29 is 9.47 Å². The van der Waals surface area contributed by atoms with Gasteiger partial charge in [-0.15, -0.1) is 0 Å². The fourth-order valence-corrected chi connectivity index (χ4v) is 3.32. The van der Waals surface area contributed by atoms with Crippen molar-refractivity contribution in [2.24, 2.45) is 0 Å². The molecule has 2 atom stereocenters. The third-order valence-corrected chi connectivity index (χ3v) is 5.22. The number of methoxy groups -OCH3 is 2. The number of alkyl halides is 1. The monoisotopic (exact) mass is 368 g/mol. The van der Waals surface area contributed by atoms with Gasteiger partial charge in [-0.25, -0.2) is 0 Å². The topological polar surface area (TPSA) is 18.5 Å². The highest BCUT2D eigenvalue weighted by Gasteiger charge is 2.24. The van der Waals surface area contributed by atoms with Crippen LogP contribution in [0.4, 0.5) is 0 Å². The van der Waals surface area contributed by atoms with Gasteiger partial charge < -0.3 is 9.47 Å². The molecule has 0 heterocycles. The molecule has 2 aromatic carbocycles. The molecule has 0 saturated heterocycles. The van der Waals surface area contributed by atoms with Crippen molar-refractivity contribution in [2.75, 3.05) is 14.2 Å². The molecule has 2 nitrogen and oxygen atoms in total. The maximum absolute atomic E-state index is 6.34. The predicted molar refractivity (Wildman–Crippen MR) is 91.1 cm³/mol. The highest BCUT2D eigenvalue weighted by molar-refractivity contribution is 9.09. The third kappa shape index (κ3) is 3.35. The second-order valence-electron chi connectivity index (χ2n) is 4.81. The van der Waals surface area contributed by atoms with E-state index in [0.717, 1.165) is 5.56 Å². The van der Waals surface area contributed by atoms with E-state index in [2.05, 4.69) is 35.0 Å². The number of ether oxygens (including phenoxy) is 2. The Bertz CT molecular complexity index is 601. The summed E-state index contributed by atoms with van der Waals surface area (Å²) in [4.78, 5) is 0.0956. The van der Waals surface area contributed by atoms with Gasteiger partial charge in [0, 0.05) is 10.4 Å². The smallest absolute Gasteiger partial charge is 0.145 e. The molecule has 4 heteroatoms.